The van der Waals surface area contributed by atoms with Crippen LogP contribution in [0.25, 0.3) is 65.9 Å². The first-order valence-corrected chi connectivity index (χ1v) is 15.6. The van der Waals surface area contributed by atoms with Crippen LogP contribution in [0.4, 0.5) is 17.1 Å². The minimum absolute atomic E-state index is 0.340. The molecule has 0 saturated heterocycles. The normalized spacial score (nSPS) is 11.5. The molecule has 47 heavy (non-hydrogen) atoms. The van der Waals surface area contributed by atoms with Gasteiger partial charge in [0.2, 0.25) is 0 Å². The zero-order valence-electron chi connectivity index (χ0n) is 25.3. The molecule has 7 aromatic carbocycles. The number of hydrogen-bond donors (Lipinski definition) is 0. The molecule has 9 aromatic rings. The van der Waals surface area contributed by atoms with Crippen LogP contribution in [0.3, 0.4) is 0 Å². The molecule has 0 fully saturated rings. The first-order valence-electron chi connectivity index (χ1n) is 15.6. The van der Waals surface area contributed by atoms with Gasteiger partial charge in [0, 0.05) is 44.9 Å². The van der Waals surface area contributed by atoms with Crippen molar-refractivity contribution in [2.24, 2.45) is 0 Å². The fourth-order valence-electron chi connectivity index (χ4n) is 6.65. The number of anilines is 3. The number of para-hydroxylation sites is 2. The van der Waals surface area contributed by atoms with E-state index in [4.69, 9.17) is 8.83 Å². The maximum Gasteiger partial charge on any atom is 0.344 e. The van der Waals surface area contributed by atoms with Crippen LogP contribution >= 0.6 is 0 Å². The third-order valence-corrected chi connectivity index (χ3v) is 8.94. The first kappa shape index (κ1) is 27.0. The summed E-state index contributed by atoms with van der Waals surface area (Å²) in [5, 5.41) is 4.58. The number of hydrogen-bond acceptors (Lipinski definition) is 4. The summed E-state index contributed by atoms with van der Waals surface area (Å²) in [4.78, 5) is 15.1. The Balaban J connectivity index is 1.18. The predicted molar refractivity (Wildman–Crippen MR) is 193 cm³/mol. The Hall–Kier alpha value is -6.39. The maximum atomic E-state index is 12.9. The third-order valence-electron chi connectivity index (χ3n) is 8.94. The molecule has 0 saturated carbocycles. The first-order chi connectivity index (χ1) is 23.2. The van der Waals surface area contributed by atoms with Crippen LogP contribution in [0.1, 0.15) is 0 Å². The van der Waals surface area contributed by atoms with Gasteiger partial charge in [0.25, 0.3) is 0 Å². The predicted octanol–water partition coefficient (Wildman–Crippen LogP) is 11.6. The molecule has 0 bridgehead atoms. The second-order valence-electron chi connectivity index (χ2n) is 11.7. The largest absolute Gasteiger partial charge is 0.455 e. The molecule has 4 nitrogen and oxygen atoms in total. The summed E-state index contributed by atoms with van der Waals surface area (Å²) in [5.41, 5.74) is 9.22. The van der Waals surface area contributed by atoms with Gasteiger partial charge in [-0.1, -0.05) is 109 Å². The lowest BCUT2D eigenvalue weighted by Crippen LogP contribution is -2.10. The Morgan fingerprint density at radius 2 is 0.957 bits per heavy atom. The summed E-state index contributed by atoms with van der Waals surface area (Å²) >= 11 is 0. The fourth-order valence-corrected chi connectivity index (χ4v) is 6.65. The molecular formula is C43H27NO3. The van der Waals surface area contributed by atoms with E-state index >= 15 is 0 Å². The molecule has 0 aliphatic carbocycles. The van der Waals surface area contributed by atoms with Gasteiger partial charge in [0.15, 0.2) is 0 Å². The minimum atomic E-state index is -0.340. The molecule has 0 spiro atoms. The van der Waals surface area contributed by atoms with Crippen molar-refractivity contribution in [2.45, 2.75) is 0 Å². The molecule has 2 aromatic heterocycles. The van der Waals surface area contributed by atoms with Gasteiger partial charge in [-0.15, -0.1) is 0 Å². The summed E-state index contributed by atoms with van der Waals surface area (Å²) in [7, 11) is 0. The summed E-state index contributed by atoms with van der Waals surface area (Å²) in [6.45, 7) is 0. The van der Waals surface area contributed by atoms with Crippen molar-refractivity contribution in [1.29, 1.82) is 0 Å². The second kappa shape index (κ2) is 10.9. The average Bonchev–Trinajstić information content (AvgIpc) is 3.52. The monoisotopic (exact) mass is 605 g/mol. The Labute approximate surface area is 270 Å². The van der Waals surface area contributed by atoms with Crippen molar-refractivity contribution in [2.75, 3.05) is 4.90 Å². The van der Waals surface area contributed by atoms with Crippen molar-refractivity contribution < 1.29 is 8.83 Å². The number of nitrogens with zero attached hydrogens (tertiary/aromatic N) is 1. The molecular weight excluding hydrogens is 578 g/mol. The number of rotatable bonds is 5. The SMILES string of the molecule is O=c1oc2cc(N(c3ccc(-c4ccccc4)cc3)c3ccc(-c4cccc5c4oc4ccccc45)cc3)ccc2c2ccccc12. The van der Waals surface area contributed by atoms with Gasteiger partial charge in [0.05, 0.1) is 5.39 Å². The Morgan fingerprint density at radius 3 is 1.72 bits per heavy atom. The van der Waals surface area contributed by atoms with E-state index in [1.165, 1.54) is 0 Å². The summed E-state index contributed by atoms with van der Waals surface area (Å²) in [6, 6.07) is 55.6. The second-order valence-corrected chi connectivity index (χ2v) is 11.7. The van der Waals surface area contributed by atoms with Crippen LogP contribution in [0.2, 0.25) is 0 Å². The van der Waals surface area contributed by atoms with Gasteiger partial charge in [-0.25, -0.2) is 4.79 Å². The van der Waals surface area contributed by atoms with E-state index in [0.717, 1.165) is 72.0 Å². The summed E-state index contributed by atoms with van der Waals surface area (Å²) in [6.07, 6.45) is 0. The quantitative estimate of drug-likeness (QED) is 0.145. The number of fused-ring (bicyclic) bond motifs is 6. The van der Waals surface area contributed by atoms with E-state index in [1.807, 2.05) is 60.7 Å². The van der Waals surface area contributed by atoms with Gasteiger partial charge < -0.3 is 13.7 Å². The van der Waals surface area contributed by atoms with Gasteiger partial charge in [-0.05, 0) is 70.6 Å². The van der Waals surface area contributed by atoms with Gasteiger partial charge >= 0.3 is 5.63 Å². The van der Waals surface area contributed by atoms with E-state index < -0.39 is 0 Å². The number of furan rings is 1. The summed E-state index contributed by atoms with van der Waals surface area (Å²) in [5.74, 6) is 0. The average molecular weight is 606 g/mol. The van der Waals surface area contributed by atoms with Crippen molar-refractivity contribution in [3.63, 3.8) is 0 Å². The third kappa shape index (κ3) is 4.58. The van der Waals surface area contributed by atoms with Crippen LogP contribution in [-0.4, -0.2) is 0 Å². The molecule has 0 radical (unpaired) electrons. The maximum absolute atomic E-state index is 12.9. The van der Waals surface area contributed by atoms with Crippen molar-refractivity contribution in [3.8, 4) is 22.3 Å². The molecule has 4 heteroatoms. The van der Waals surface area contributed by atoms with E-state index in [1.54, 1.807) is 0 Å². The lowest BCUT2D eigenvalue weighted by Gasteiger charge is -2.26. The van der Waals surface area contributed by atoms with E-state index in [0.29, 0.717) is 11.0 Å². The van der Waals surface area contributed by atoms with Crippen LogP contribution in [0.15, 0.2) is 177 Å². The molecule has 0 unspecified atom stereocenters. The highest BCUT2D eigenvalue weighted by molar-refractivity contribution is 6.09. The van der Waals surface area contributed by atoms with Crippen LogP contribution < -0.4 is 10.5 Å². The van der Waals surface area contributed by atoms with Crippen molar-refractivity contribution in [3.05, 3.63) is 174 Å². The zero-order chi connectivity index (χ0) is 31.3. The van der Waals surface area contributed by atoms with Gasteiger partial charge in [0.1, 0.15) is 16.7 Å². The molecule has 0 atom stereocenters. The number of benzene rings is 7. The van der Waals surface area contributed by atoms with E-state index in [-0.39, 0.29) is 5.63 Å². The minimum Gasteiger partial charge on any atom is -0.455 e. The molecule has 2 heterocycles. The molecule has 222 valence electrons. The van der Waals surface area contributed by atoms with Gasteiger partial charge in [-0.3, -0.25) is 0 Å². The molecule has 0 amide bonds. The lowest BCUT2D eigenvalue weighted by molar-refractivity contribution is 0.570. The van der Waals surface area contributed by atoms with E-state index in [9.17, 15) is 4.79 Å². The van der Waals surface area contributed by atoms with Crippen molar-refractivity contribution >= 4 is 60.7 Å². The standard InChI is InChI=1S/C43H27NO3/c45-43-39-13-5-4-11-35(39)37-26-25-33(27-41(37)47-43)44(31-21-17-29(18-22-31)28-9-2-1-3-10-28)32-23-19-30(20-24-32)34-14-8-15-38-36-12-6-7-16-40(36)46-42(34)38/h1-27H. The van der Waals surface area contributed by atoms with Crippen LogP contribution in [-0.2, 0) is 0 Å². The van der Waals surface area contributed by atoms with Gasteiger partial charge in [-0.2, -0.15) is 0 Å². The molecule has 0 N–H and O–H groups in total. The highest BCUT2D eigenvalue weighted by atomic mass is 16.4. The zero-order valence-corrected chi connectivity index (χ0v) is 25.3. The van der Waals surface area contributed by atoms with Crippen LogP contribution in [0.5, 0.6) is 0 Å². The Bertz CT molecular complexity index is 2630. The van der Waals surface area contributed by atoms with E-state index in [2.05, 4.69) is 108 Å². The smallest absolute Gasteiger partial charge is 0.344 e. The topological polar surface area (TPSA) is 46.6 Å². The molecule has 0 aliphatic rings. The highest BCUT2D eigenvalue weighted by Gasteiger charge is 2.17. The molecule has 9 rings (SSSR count). The fraction of sp³-hybridized carbons (Fsp3) is 0. The Kier molecular flexibility index (Phi) is 6.25. The van der Waals surface area contributed by atoms with Crippen molar-refractivity contribution in [1.82, 2.24) is 0 Å². The highest BCUT2D eigenvalue weighted by Crippen LogP contribution is 2.40. The lowest BCUT2D eigenvalue weighted by atomic mass is 10.0. The summed E-state index contributed by atoms with van der Waals surface area (Å²) < 4.78 is 12.2. The van der Waals surface area contributed by atoms with Crippen LogP contribution in [0, 0.1) is 0 Å². The Morgan fingerprint density at radius 1 is 0.383 bits per heavy atom. The molecule has 0 aliphatic heterocycles.